The van der Waals surface area contributed by atoms with E-state index in [4.69, 9.17) is 11.6 Å². The highest BCUT2D eigenvalue weighted by atomic mass is 35.5. The van der Waals surface area contributed by atoms with Crippen molar-refractivity contribution in [2.24, 2.45) is 0 Å². The second kappa shape index (κ2) is 5.57. The van der Waals surface area contributed by atoms with Crippen LogP contribution >= 0.6 is 11.6 Å². The fourth-order valence-corrected chi connectivity index (χ4v) is 2.09. The number of halogens is 3. The third-order valence-corrected chi connectivity index (χ3v) is 3.19. The molecular formula is C15H14ClF2N. The average Bonchev–Trinajstić information content (AvgIpc) is 2.33. The number of nitrogens with one attached hydrogen (secondary N) is 1. The Morgan fingerprint density at radius 3 is 2.53 bits per heavy atom. The zero-order valence-electron chi connectivity index (χ0n) is 10.7. The Labute approximate surface area is 116 Å². The Morgan fingerprint density at radius 1 is 1.11 bits per heavy atom. The van der Waals surface area contributed by atoms with Crippen LogP contribution in [0.5, 0.6) is 0 Å². The van der Waals surface area contributed by atoms with Gasteiger partial charge in [-0.15, -0.1) is 0 Å². The molecule has 0 saturated heterocycles. The third-order valence-electron chi connectivity index (χ3n) is 2.95. The Hall–Kier alpha value is -1.61. The first kappa shape index (κ1) is 13.8. The van der Waals surface area contributed by atoms with Crippen molar-refractivity contribution in [3.63, 3.8) is 0 Å². The topological polar surface area (TPSA) is 12.0 Å². The van der Waals surface area contributed by atoms with Gasteiger partial charge in [0.2, 0.25) is 0 Å². The Balaban J connectivity index is 2.25. The fraction of sp³-hybridized carbons (Fsp3) is 0.200. The van der Waals surface area contributed by atoms with E-state index in [-0.39, 0.29) is 6.04 Å². The van der Waals surface area contributed by atoms with E-state index >= 15 is 0 Å². The van der Waals surface area contributed by atoms with Gasteiger partial charge in [-0.2, -0.15) is 0 Å². The molecule has 0 aliphatic heterocycles. The summed E-state index contributed by atoms with van der Waals surface area (Å²) in [7, 11) is 0. The van der Waals surface area contributed by atoms with Gasteiger partial charge in [-0.1, -0.05) is 17.7 Å². The molecule has 4 heteroatoms. The van der Waals surface area contributed by atoms with Gasteiger partial charge in [-0.25, -0.2) is 8.78 Å². The van der Waals surface area contributed by atoms with Crippen molar-refractivity contribution in [1.29, 1.82) is 0 Å². The zero-order valence-corrected chi connectivity index (χ0v) is 11.4. The van der Waals surface area contributed by atoms with E-state index in [1.807, 2.05) is 6.07 Å². The van der Waals surface area contributed by atoms with Crippen molar-refractivity contribution in [2.45, 2.75) is 19.9 Å². The number of hydrogen-bond donors (Lipinski definition) is 1. The maximum Gasteiger partial charge on any atom is 0.128 e. The lowest BCUT2D eigenvalue weighted by Gasteiger charge is -2.17. The van der Waals surface area contributed by atoms with Crippen LogP contribution in [0.4, 0.5) is 14.5 Å². The number of rotatable bonds is 3. The van der Waals surface area contributed by atoms with Gasteiger partial charge in [-0.05, 0) is 49.7 Å². The Bertz CT molecular complexity index is 599. The second-order valence-corrected chi connectivity index (χ2v) is 4.94. The lowest BCUT2D eigenvalue weighted by Crippen LogP contribution is -2.09. The smallest absolute Gasteiger partial charge is 0.128 e. The molecule has 1 N–H and O–H groups in total. The molecule has 2 aromatic rings. The monoisotopic (exact) mass is 281 g/mol. The standard InChI is InChI=1S/C15H14ClF2N/c1-9-6-15(18)13(8-14(9)17)10(2)19-12-5-3-4-11(16)7-12/h3-8,10,19H,1-2H3. The van der Waals surface area contributed by atoms with Crippen LogP contribution in [0.1, 0.15) is 24.1 Å². The predicted molar refractivity (Wildman–Crippen MR) is 74.6 cm³/mol. The van der Waals surface area contributed by atoms with Gasteiger partial charge in [0, 0.05) is 16.3 Å². The zero-order chi connectivity index (χ0) is 14.0. The van der Waals surface area contributed by atoms with Gasteiger partial charge >= 0.3 is 0 Å². The number of aryl methyl sites for hydroxylation is 1. The van der Waals surface area contributed by atoms with Crippen LogP contribution in [0.25, 0.3) is 0 Å². The molecule has 0 bridgehead atoms. The molecular weight excluding hydrogens is 268 g/mol. The highest BCUT2D eigenvalue weighted by Gasteiger charge is 2.13. The first-order valence-corrected chi connectivity index (χ1v) is 6.33. The van der Waals surface area contributed by atoms with Crippen LogP contribution in [-0.2, 0) is 0 Å². The first-order valence-electron chi connectivity index (χ1n) is 5.95. The van der Waals surface area contributed by atoms with Crippen LogP contribution in [0, 0.1) is 18.6 Å². The SMILES string of the molecule is Cc1cc(F)c(C(C)Nc2cccc(Cl)c2)cc1F. The molecule has 0 saturated carbocycles. The van der Waals surface area contributed by atoms with Crippen LogP contribution in [0.15, 0.2) is 36.4 Å². The molecule has 19 heavy (non-hydrogen) atoms. The molecule has 0 fully saturated rings. The summed E-state index contributed by atoms with van der Waals surface area (Å²) in [6, 6.07) is 9.19. The third kappa shape index (κ3) is 3.24. The van der Waals surface area contributed by atoms with Crippen LogP contribution in [0.3, 0.4) is 0 Å². The number of benzene rings is 2. The van der Waals surface area contributed by atoms with Crippen molar-refractivity contribution >= 4 is 17.3 Å². The van der Waals surface area contributed by atoms with Gasteiger partial charge in [0.1, 0.15) is 11.6 Å². The van der Waals surface area contributed by atoms with Crippen LogP contribution in [0.2, 0.25) is 5.02 Å². The van der Waals surface area contributed by atoms with Gasteiger partial charge < -0.3 is 5.32 Å². The Morgan fingerprint density at radius 2 is 1.84 bits per heavy atom. The second-order valence-electron chi connectivity index (χ2n) is 4.50. The summed E-state index contributed by atoms with van der Waals surface area (Å²) in [6.07, 6.45) is 0. The lowest BCUT2D eigenvalue weighted by atomic mass is 10.0. The van der Waals surface area contributed by atoms with E-state index in [1.54, 1.807) is 25.1 Å². The lowest BCUT2D eigenvalue weighted by molar-refractivity contribution is 0.571. The molecule has 0 radical (unpaired) electrons. The van der Waals surface area contributed by atoms with Crippen LogP contribution in [-0.4, -0.2) is 0 Å². The quantitative estimate of drug-likeness (QED) is 0.825. The van der Waals surface area contributed by atoms with Crippen molar-refractivity contribution < 1.29 is 8.78 Å². The van der Waals surface area contributed by atoms with Crippen molar-refractivity contribution in [3.8, 4) is 0 Å². The summed E-state index contributed by atoms with van der Waals surface area (Å²) in [6.45, 7) is 3.31. The number of anilines is 1. The summed E-state index contributed by atoms with van der Waals surface area (Å²) < 4.78 is 27.3. The summed E-state index contributed by atoms with van der Waals surface area (Å²) in [5, 5.41) is 3.69. The van der Waals surface area contributed by atoms with E-state index in [2.05, 4.69) is 5.32 Å². The Kier molecular flexibility index (Phi) is 4.05. The molecule has 1 nitrogen and oxygen atoms in total. The molecule has 1 atom stereocenters. The molecule has 0 aliphatic carbocycles. The van der Waals surface area contributed by atoms with E-state index in [9.17, 15) is 8.78 Å². The minimum atomic E-state index is -0.416. The van der Waals surface area contributed by atoms with E-state index in [0.29, 0.717) is 16.1 Å². The summed E-state index contributed by atoms with van der Waals surface area (Å²) >= 11 is 5.88. The van der Waals surface area contributed by atoms with Crippen LogP contribution < -0.4 is 5.32 Å². The molecule has 0 amide bonds. The van der Waals surface area contributed by atoms with Gasteiger partial charge in [0.15, 0.2) is 0 Å². The molecule has 0 heterocycles. The van der Waals surface area contributed by atoms with E-state index in [0.717, 1.165) is 5.69 Å². The summed E-state index contributed by atoms with van der Waals surface area (Å²) in [4.78, 5) is 0. The van der Waals surface area contributed by atoms with Crippen molar-refractivity contribution in [3.05, 3.63) is 64.2 Å². The molecule has 2 aromatic carbocycles. The van der Waals surface area contributed by atoms with E-state index < -0.39 is 11.6 Å². The van der Waals surface area contributed by atoms with Gasteiger partial charge in [-0.3, -0.25) is 0 Å². The molecule has 0 aromatic heterocycles. The predicted octanol–water partition coefficient (Wildman–Crippen LogP) is 5.10. The van der Waals surface area contributed by atoms with Gasteiger partial charge in [0.25, 0.3) is 0 Å². The molecule has 0 spiro atoms. The van der Waals surface area contributed by atoms with E-state index in [1.165, 1.54) is 19.1 Å². The minimum Gasteiger partial charge on any atom is -0.378 e. The summed E-state index contributed by atoms with van der Waals surface area (Å²) in [5.74, 6) is -0.822. The largest absolute Gasteiger partial charge is 0.378 e. The highest BCUT2D eigenvalue weighted by Crippen LogP contribution is 2.25. The molecule has 0 aliphatic rings. The molecule has 100 valence electrons. The average molecular weight is 282 g/mol. The summed E-state index contributed by atoms with van der Waals surface area (Å²) in [5.41, 5.74) is 1.36. The van der Waals surface area contributed by atoms with Gasteiger partial charge in [0.05, 0.1) is 6.04 Å². The maximum absolute atomic E-state index is 13.8. The minimum absolute atomic E-state index is 0.295. The molecule has 1 unspecified atom stereocenters. The van der Waals surface area contributed by atoms with Crippen molar-refractivity contribution in [1.82, 2.24) is 0 Å². The molecule has 2 rings (SSSR count). The number of hydrogen-bond acceptors (Lipinski definition) is 1. The maximum atomic E-state index is 13.8. The van der Waals surface area contributed by atoms with Crippen molar-refractivity contribution in [2.75, 3.05) is 5.32 Å². The fourth-order valence-electron chi connectivity index (χ4n) is 1.90. The first-order chi connectivity index (χ1) is 8.97. The highest BCUT2D eigenvalue weighted by molar-refractivity contribution is 6.30. The normalized spacial score (nSPS) is 12.3.